The van der Waals surface area contributed by atoms with E-state index in [1.54, 1.807) is 0 Å². The Morgan fingerprint density at radius 3 is 2.19 bits per heavy atom. The normalized spacial score (nSPS) is 15.8. The third-order valence-electron chi connectivity index (χ3n) is 5.70. The summed E-state index contributed by atoms with van der Waals surface area (Å²) in [7, 11) is -3.15. The molecule has 5 nitrogen and oxygen atoms in total. The molecule has 0 unspecified atom stereocenters. The van der Waals surface area contributed by atoms with Crippen molar-refractivity contribution in [1.82, 2.24) is 0 Å². The van der Waals surface area contributed by atoms with Crippen LogP contribution < -0.4 is 5.32 Å². The number of carbonyl (C=O) groups excluding carboxylic acids is 1. The minimum Gasteiger partial charge on any atom is -0.316 e. The van der Waals surface area contributed by atoms with Crippen LogP contribution >= 0.6 is 11.3 Å². The summed E-state index contributed by atoms with van der Waals surface area (Å²) in [6, 6.07) is 21.3. The first-order valence-corrected chi connectivity index (χ1v) is 12.8. The van der Waals surface area contributed by atoms with Crippen LogP contribution in [0.2, 0.25) is 0 Å². The van der Waals surface area contributed by atoms with E-state index in [0.29, 0.717) is 29.8 Å². The average Bonchev–Trinajstić information content (AvgIpc) is 3.11. The first-order chi connectivity index (χ1) is 14.9. The largest absolute Gasteiger partial charge is 0.316 e. The molecule has 2 aromatic carbocycles. The Morgan fingerprint density at radius 1 is 1.10 bits per heavy atom. The second-order valence-electron chi connectivity index (χ2n) is 7.76. The lowest BCUT2D eigenvalue weighted by molar-refractivity contribution is -0.116. The predicted octanol–water partition coefficient (Wildman–Crippen LogP) is 4.29. The van der Waals surface area contributed by atoms with Crippen LogP contribution in [0.15, 0.2) is 60.7 Å². The Kier molecular flexibility index (Phi) is 5.94. The van der Waals surface area contributed by atoms with Crippen molar-refractivity contribution in [2.24, 2.45) is 0 Å². The summed E-state index contributed by atoms with van der Waals surface area (Å²) >= 11 is 1.32. The Balaban J connectivity index is 1.68. The lowest BCUT2D eigenvalue weighted by atomic mass is 9.90. The SMILES string of the molecule is CS(=O)(=O)[C@@H]1CCc2c(sc(NC(=O)C(c3ccccc3)c3ccccc3)c2C#N)C1. The van der Waals surface area contributed by atoms with Crippen molar-refractivity contribution in [3.8, 4) is 6.07 Å². The van der Waals surface area contributed by atoms with Crippen molar-refractivity contribution in [3.63, 3.8) is 0 Å². The molecule has 0 saturated heterocycles. The number of hydrogen-bond donors (Lipinski definition) is 1. The average molecular weight is 451 g/mol. The lowest BCUT2D eigenvalue weighted by Crippen LogP contribution is -2.26. The van der Waals surface area contributed by atoms with Crippen LogP contribution in [0.3, 0.4) is 0 Å². The molecule has 31 heavy (non-hydrogen) atoms. The minimum absolute atomic E-state index is 0.216. The molecule has 158 valence electrons. The number of carbonyl (C=O) groups is 1. The van der Waals surface area contributed by atoms with Crippen molar-refractivity contribution in [3.05, 3.63) is 87.8 Å². The number of amides is 1. The van der Waals surface area contributed by atoms with Gasteiger partial charge in [-0.1, -0.05) is 60.7 Å². The highest BCUT2D eigenvalue weighted by Gasteiger charge is 2.32. The smallest absolute Gasteiger partial charge is 0.237 e. The van der Waals surface area contributed by atoms with E-state index in [-0.39, 0.29) is 5.91 Å². The zero-order chi connectivity index (χ0) is 22.0. The van der Waals surface area contributed by atoms with Crippen LogP contribution in [0.4, 0.5) is 5.00 Å². The third-order valence-corrected chi connectivity index (χ3v) is 8.49. The van der Waals surface area contributed by atoms with Gasteiger partial charge in [-0.25, -0.2) is 8.42 Å². The number of thiophene rings is 1. The minimum atomic E-state index is -3.15. The topological polar surface area (TPSA) is 87.0 Å². The Labute approximate surface area is 186 Å². The number of benzene rings is 2. The van der Waals surface area contributed by atoms with Gasteiger partial charge in [-0.15, -0.1) is 11.3 Å². The molecular formula is C24H22N2O3S2. The van der Waals surface area contributed by atoms with E-state index in [2.05, 4.69) is 11.4 Å². The summed E-state index contributed by atoms with van der Waals surface area (Å²) < 4.78 is 24.0. The molecule has 0 bridgehead atoms. The van der Waals surface area contributed by atoms with Crippen LogP contribution in [-0.4, -0.2) is 25.8 Å². The summed E-state index contributed by atoms with van der Waals surface area (Å²) in [5.74, 6) is -0.732. The number of anilines is 1. The third kappa shape index (κ3) is 4.41. The molecule has 1 aromatic heterocycles. The quantitative estimate of drug-likeness (QED) is 0.628. The second kappa shape index (κ2) is 8.66. The zero-order valence-electron chi connectivity index (χ0n) is 17.0. The highest BCUT2D eigenvalue weighted by molar-refractivity contribution is 7.91. The molecule has 1 aliphatic rings. The fourth-order valence-corrected chi connectivity index (χ4v) is 6.50. The summed E-state index contributed by atoms with van der Waals surface area (Å²) in [6.45, 7) is 0. The number of nitrogens with one attached hydrogen (secondary N) is 1. The monoisotopic (exact) mass is 450 g/mol. The summed E-state index contributed by atoms with van der Waals surface area (Å²) in [4.78, 5) is 14.3. The van der Waals surface area contributed by atoms with Crippen LogP contribution in [0.1, 0.15) is 39.5 Å². The van der Waals surface area contributed by atoms with E-state index >= 15 is 0 Å². The first kappa shape index (κ1) is 21.3. The lowest BCUT2D eigenvalue weighted by Gasteiger charge is -2.20. The molecule has 0 fully saturated rings. The number of hydrogen-bond acceptors (Lipinski definition) is 5. The van der Waals surface area contributed by atoms with Gasteiger partial charge in [0.15, 0.2) is 9.84 Å². The van der Waals surface area contributed by atoms with E-state index in [0.717, 1.165) is 21.6 Å². The van der Waals surface area contributed by atoms with Crippen molar-refractivity contribution in [1.29, 1.82) is 5.26 Å². The summed E-state index contributed by atoms with van der Waals surface area (Å²) in [5, 5.41) is 12.8. The predicted molar refractivity (Wildman–Crippen MR) is 123 cm³/mol. The zero-order valence-corrected chi connectivity index (χ0v) is 18.7. The molecule has 4 rings (SSSR count). The summed E-state index contributed by atoms with van der Waals surface area (Å²) in [6.07, 6.45) is 2.68. The van der Waals surface area contributed by atoms with Crippen molar-refractivity contribution in [2.45, 2.75) is 30.4 Å². The van der Waals surface area contributed by atoms with Crippen molar-refractivity contribution in [2.75, 3.05) is 11.6 Å². The van der Waals surface area contributed by atoms with Gasteiger partial charge in [-0.3, -0.25) is 4.79 Å². The summed E-state index contributed by atoms with van der Waals surface area (Å²) in [5.41, 5.74) is 3.06. The molecule has 7 heteroatoms. The number of rotatable bonds is 5. The maximum absolute atomic E-state index is 13.4. The maximum Gasteiger partial charge on any atom is 0.237 e. The van der Waals surface area contributed by atoms with Gasteiger partial charge < -0.3 is 5.32 Å². The molecule has 1 aliphatic carbocycles. The molecule has 0 radical (unpaired) electrons. The van der Waals surface area contributed by atoms with E-state index < -0.39 is 21.0 Å². The Hall–Kier alpha value is -2.95. The number of nitriles is 1. The van der Waals surface area contributed by atoms with Crippen molar-refractivity contribution < 1.29 is 13.2 Å². The molecule has 1 amide bonds. The van der Waals surface area contributed by atoms with Crippen LogP contribution in [0, 0.1) is 11.3 Å². The van der Waals surface area contributed by atoms with Gasteiger partial charge in [-0.05, 0) is 36.0 Å². The maximum atomic E-state index is 13.4. The van der Waals surface area contributed by atoms with E-state index in [9.17, 15) is 18.5 Å². The van der Waals surface area contributed by atoms with Gasteiger partial charge in [0.2, 0.25) is 5.91 Å². The number of fused-ring (bicyclic) bond motifs is 1. The van der Waals surface area contributed by atoms with Crippen LogP contribution in [0.25, 0.3) is 0 Å². The molecule has 3 aromatic rings. The molecule has 0 saturated carbocycles. The highest BCUT2D eigenvalue weighted by Crippen LogP contribution is 2.39. The van der Waals surface area contributed by atoms with Crippen LogP contribution in [0.5, 0.6) is 0 Å². The van der Waals surface area contributed by atoms with Gasteiger partial charge in [-0.2, -0.15) is 5.26 Å². The van der Waals surface area contributed by atoms with Gasteiger partial charge in [0.25, 0.3) is 0 Å². The highest BCUT2D eigenvalue weighted by atomic mass is 32.2. The number of nitrogens with zero attached hydrogens (tertiary/aromatic N) is 1. The fourth-order valence-electron chi connectivity index (χ4n) is 4.10. The Bertz CT molecular complexity index is 1200. The second-order valence-corrected chi connectivity index (χ2v) is 11.2. The van der Waals surface area contributed by atoms with Gasteiger partial charge in [0.05, 0.1) is 16.7 Å². The van der Waals surface area contributed by atoms with E-state index in [4.69, 9.17) is 0 Å². The first-order valence-electron chi connectivity index (χ1n) is 10.0. The van der Waals surface area contributed by atoms with Crippen LogP contribution in [-0.2, 0) is 27.5 Å². The molecule has 1 N–H and O–H groups in total. The van der Waals surface area contributed by atoms with Gasteiger partial charge >= 0.3 is 0 Å². The molecule has 0 aliphatic heterocycles. The van der Waals surface area contributed by atoms with Gasteiger partial charge in [0.1, 0.15) is 11.1 Å². The molecular weight excluding hydrogens is 428 g/mol. The molecule has 1 atom stereocenters. The van der Waals surface area contributed by atoms with Gasteiger partial charge in [0, 0.05) is 11.1 Å². The standard InChI is InChI=1S/C24H22N2O3S2/c1-31(28,29)18-12-13-19-20(15-25)24(30-21(19)14-18)26-23(27)22(16-8-4-2-5-9-16)17-10-6-3-7-11-17/h2-11,18,22H,12-14H2,1H3,(H,26,27)/t18-/m1/s1. The van der Waals surface area contributed by atoms with Crippen molar-refractivity contribution >= 4 is 32.1 Å². The number of sulfone groups is 1. The molecule has 0 spiro atoms. The fraction of sp³-hybridized carbons (Fsp3) is 0.250. The Morgan fingerprint density at radius 2 is 1.68 bits per heavy atom. The van der Waals surface area contributed by atoms with E-state index in [1.165, 1.54) is 17.6 Å². The van der Waals surface area contributed by atoms with E-state index in [1.807, 2.05) is 60.7 Å². The molecule has 1 heterocycles.